The van der Waals surface area contributed by atoms with Gasteiger partial charge in [0.1, 0.15) is 0 Å². The minimum absolute atomic E-state index is 0.185. The van der Waals surface area contributed by atoms with Crippen molar-refractivity contribution in [3.63, 3.8) is 0 Å². The summed E-state index contributed by atoms with van der Waals surface area (Å²) in [4.78, 5) is 14.1. The van der Waals surface area contributed by atoms with E-state index in [1.807, 2.05) is 19.1 Å². The minimum atomic E-state index is -0.185. The molecule has 0 aliphatic heterocycles. The van der Waals surface area contributed by atoms with Gasteiger partial charge < -0.3 is 10.6 Å². The van der Waals surface area contributed by atoms with Crippen molar-refractivity contribution in [3.05, 3.63) is 26.9 Å². The van der Waals surface area contributed by atoms with Gasteiger partial charge in [-0.2, -0.15) is 0 Å². The van der Waals surface area contributed by atoms with E-state index in [9.17, 15) is 4.79 Å². The number of thiophene rings is 1. The lowest BCUT2D eigenvalue weighted by Crippen LogP contribution is -2.22. The Morgan fingerprint density at radius 2 is 2.18 bits per heavy atom. The molecule has 0 bridgehead atoms. The predicted molar refractivity (Wildman–Crippen MR) is 69.7 cm³/mol. The highest BCUT2D eigenvalue weighted by Crippen LogP contribution is 2.16. The fraction of sp³-hybridized carbons (Fsp3) is 0.300. The molecule has 0 aromatic carbocycles. The molecule has 2 heterocycles. The summed E-state index contributed by atoms with van der Waals surface area (Å²) in [6, 6.07) is 4.05. The van der Waals surface area contributed by atoms with Crippen molar-refractivity contribution in [2.24, 2.45) is 0 Å². The molecule has 90 valence electrons. The van der Waals surface area contributed by atoms with E-state index >= 15 is 0 Å². The average Bonchev–Trinajstić information content (AvgIpc) is 2.94. The van der Waals surface area contributed by atoms with Crippen molar-refractivity contribution in [2.45, 2.75) is 13.5 Å². The van der Waals surface area contributed by atoms with Crippen LogP contribution < -0.4 is 10.6 Å². The number of hydrogen-bond acceptors (Lipinski definition) is 6. The number of nitrogens with one attached hydrogen (secondary N) is 2. The van der Waals surface area contributed by atoms with Crippen molar-refractivity contribution in [1.29, 1.82) is 0 Å². The third-order valence-corrected chi connectivity index (χ3v) is 3.99. The third-order valence-electron chi connectivity index (χ3n) is 2.05. The molecule has 2 N–H and O–H groups in total. The van der Waals surface area contributed by atoms with Crippen LogP contribution in [0.4, 0.5) is 5.13 Å². The molecule has 2 aromatic heterocycles. The van der Waals surface area contributed by atoms with Crippen LogP contribution >= 0.6 is 22.7 Å². The maximum atomic E-state index is 11.7. The molecule has 0 radical (unpaired) electrons. The zero-order valence-electron chi connectivity index (χ0n) is 9.48. The molecule has 2 rings (SSSR count). The summed E-state index contributed by atoms with van der Waals surface area (Å²) < 4.78 is 0. The van der Waals surface area contributed by atoms with Crippen LogP contribution in [0, 0.1) is 6.92 Å². The van der Waals surface area contributed by atoms with Gasteiger partial charge in [-0.1, -0.05) is 11.3 Å². The number of aryl methyl sites for hydroxylation is 1. The van der Waals surface area contributed by atoms with Crippen molar-refractivity contribution >= 4 is 33.7 Å². The monoisotopic (exact) mass is 268 g/mol. The van der Waals surface area contributed by atoms with E-state index in [1.165, 1.54) is 16.2 Å². The first kappa shape index (κ1) is 12.0. The van der Waals surface area contributed by atoms with Crippen LogP contribution in [0.5, 0.6) is 0 Å². The Bertz CT molecular complexity index is 520. The smallest absolute Gasteiger partial charge is 0.282 e. The molecule has 5 nitrogen and oxygen atoms in total. The summed E-state index contributed by atoms with van der Waals surface area (Å²) in [5, 5.41) is 14.3. The maximum absolute atomic E-state index is 11.7. The molecule has 2 aromatic rings. The molecule has 0 saturated carbocycles. The van der Waals surface area contributed by atoms with E-state index in [4.69, 9.17) is 0 Å². The van der Waals surface area contributed by atoms with Gasteiger partial charge in [0.05, 0.1) is 6.54 Å². The number of amides is 1. The highest BCUT2D eigenvalue weighted by Gasteiger charge is 2.11. The van der Waals surface area contributed by atoms with Gasteiger partial charge in [-0.25, -0.2) is 0 Å². The topological polar surface area (TPSA) is 66.9 Å². The zero-order chi connectivity index (χ0) is 12.3. The third kappa shape index (κ3) is 3.01. The molecule has 0 saturated heterocycles. The summed E-state index contributed by atoms with van der Waals surface area (Å²) in [6.45, 7) is 2.58. The van der Waals surface area contributed by atoms with Gasteiger partial charge in [0.15, 0.2) is 0 Å². The second kappa shape index (κ2) is 5.24. The molecule has 7 heteroatoms. The SMILES string of the molecule is CNc1nnc(C(=O)NCc2ccc(C)s2)s1. The lowest BCUT2D eigenvalue weighted by Gasteiger charge is -1.99. The van der Waals surface area contributed by atoms with Gasteiger partial charge in [-0.15, -0.1) is 21.5 Å². The van der Waals surface area contributed by atoms with Crippen LogP contribution in [-0.4, -0.2) is 23.2 Å². The van der Waals surface area contributed by atoms with E-state index in [0.717, 1.165) is 4.88 Å². The lowest BCUT2D eigenvalue weighted by atomic mass is 10.4. The van der Waals surface area contributed by atoms with E-state index in [0.29, 0.717) is 16.7 Å². The number of rotatable bonds is 4. The number of aromatic nitrogens is 2. The van der Waals surface area contributed by atoms with Crippen LogP contribution in [-0.2, 0) is 6.54 Å². The Labute approximate surface area is 107 Å². The molecule has 0 spiro atoms. The van der Waals surface area contributed by atoms with E-state index in [2.05, 4.69) is 20.8 Å². The Morgan fingerprint density at radius 3 is 2.76 bits per heavy atom. The van der Waals surface area contributed by atoms with Gasteiger partial charge in [-0.3, -0.25) is 4.79 Å². The molecule has 0 fully saturated rings. The summed E-state index contributed by atoms with van der Waals surface area (Å²) in [6.07, 6.45) is 0. The number of hydrogen-bond donors (Lipinski definition) is 2. The van der Waals surface area contributed by atoms with E-state index in [-0.39, 0.29) is 5.91 Å². The number of carbonyl (C=O) groups excluding carboxylic acids is 1. The largest absolute Gasteiger partial charge is 0.363 e. The first-order valence-electron chi connectivity index (χ1n) is 5.04. The van der Waals surface area contributed by atoms with Gasteiger partial charge in [0, 0.05) is 16.8 Å². The van der Waals surface area contributed by atoms with Gasteiger partial charge in [-0.05, 0) is 19.1 Å². The van der Waals surface area contributed by atoms with Crippen LogP contribution in [0.1, 0.15) is 19.6 Å². The van der Waals surface area contributed by atoms with Gasteiger partial charge in [0.25, 0.3) is 5.91 Å². The lowest BCUT2D eigenvalue weighted by molar-refractivity contribution is 0.0950. The molecule has 0 atom stereocenters. The van der Waals surface area contributed by atoms with Crippen LogP contribution in [0.2, 0.25) is 0 Å². The average molecular weight is 268 g/mol. The molecular formula is C10H12N4OS2. The molecular weight excluding hydrogens is 256 g/mol. The maximum Gasteiger partial charge on any atom is 0.282 e. The number of anilines is 1. The first-order chi connectivity index (χ1) is 8.19. The zero-order valence-corrected chi connectivity index (χ0v) is 11.1. The van der Waals surface area contributed by atoms with Gasteiger partial charge >= 0.3 is 0 Å². The van der Waals surface area contributed by atoms with E-state index < -0.39 is 0 Å². The second-order valence-corrected chi connectivity index (χ2v) is 5.71. The van der Waals surface area contributed by atoms with Crippen LogP contribution in [0.3, 0.4) is 0 Å². The van der Waals surface area contributed by atoms with Crippen LogP contribution in [0.25, 0.3) is 0 Å². The summed E-state index contributed by atoms with van der Waals surface area (Å²) >= 11 is 2.91. The molecule has 0 aliphatic carbocycles. The standard InChI is InChI=1S/C10H12N4OS2/c1-6-3-4-7(16-6)5-12-8(15)9-13-14-10(11-2)17-9/h3-4H,5H2,1-2H3,(H,11,14)(H,12,15). The minimum Gasteiger partial charge on any atom is -0.363 e. The molecule has 0 aliphatic rings. The van der Waals surface area contributed by atoms with Crippen molar-refractivity contribution in [1.82, 2.24) is 15.5 Å². The van der Waals surface area contributed by atoms with E-state index in [1.54, 1.807) is 18.4 Å². The second-order valence-electron chi connectivity index (χ2n) is 3.36. The number of nitrogens with zero attached hydrogens (tertiary/aromatic N) is 2. The Balaban J connectivity index is 1.93. The summed E-state index contributed by atoms with van der Waals surface area (Å²) in [5.74, 6) is -0.185. The fourth-order valence-electron chi connectivity index (χ4n) is 1.24. The van der Waals surface area contributed by atoms with Crippen molar-refractivity contribution in [2.75, 3.05) is 12.4 Å². The quantitative estimate of drug-likeness (QED) is 0.888. The van der Waals surface area contributed by atoms with Gasteiger partial charge in [0.2, 0.25) is 10.1 Å². The highest BCUT2D eigenvalue weighted by atomic mass is 32.1. The molecule has 17 heavy (non-hydrogen) atoms. The molecule has 0 unspecified atom stereocenters. The fourth-order valence-corrected chi connectivity index (χ4v) is 2.68. The molecule has 1 amide bonds. The Morgan fingerprint density at radius 1 is 1.35 bits per heavy atom. The Hall–Kier alpha value is -1.47. The summed E-state index contributed by atoms with van der Waals surface area (Å²) in [7, 11) is 1.75. The highest BCUT2D eigenvalue weighted by molar-refractivity contribution is 7.17. The Kier molecular flexibility index (Phi) is 3.70. The van der Waals surface area contributed by atoms with Crippen molar-refractivity contribution < 1.29 is 4.79 Å². The number of carbonyl (C=O) groups is 1. The normalized spacial score (nSPS) is 10.2. The van der Waals surface area contributed by atoms with Crippen molar-refractivity contribution in [3.8, 4) is 0 Å². The first-order valence-corrected chi connectivity index (χ1v) is 6.67. The predicted octanol–water partition coefficient (Wildman–Crippen LogP) is 1.88. The van der Waals surface area contributed by atoms with Crippen LogP contribution in [0.15, 0.2) is 12.1 Å². The summed E-state index contributed by atoms with van der Waals surface area (Å²) in [5.41, 5.74) is 0.